The number of fused-ring (bicyclic) bond motifs is 4. The van der Waals surface area contributed by atoms with E-state index in [-0.39, 0.29) is 6.04 Å². The largest absolute Gasteiger partial charge is 0.497 e. The van der Waals surface area contributed by atoms with E-state index in [1.54, 1.807) is 13.3 Å². The molecule has 3 aliphatic heterocycles. The van der Waals surface area contributed by atoms with Crippen LogP contribution < -0.4 is 4.74 Å². The summed E-state index contributed by atoms with van der Waals surface area (Å²) in [4.78, 5) is 11.4. The summed E-state index contributed by atoms with van der Waals surface area (Å²) in [5, 5.41) is 12.2. The average Bonchev–Trinajstić information content (AvgIpc) is 3.08. The molecule has 0 amide bonds. The third-order valence-electron chi connectivity index (χ3n) is 9.08. The predicted octanol–water partition coefficient (Wildman–Crippen LogP) is 7.81. The fourth-order valence-corrected chi connectivity index (χ4v) is 6.81. The van der Waals surface area contributed by atoms with Gasteiger partial charge < -0.3 is 9.84 Å². The molecule has 5 heterocycles. The van der Waals surface area contributed by atoms with Gasteiger partial charge in [-0.3, -0.25) is 14.9 Å². The van der Waals surface area contributed by atoms with Gasteiger partial charge in [0.05, 0.1) is 24.4 Å². The summed E-state index contributed by atoms with van der Waals surface area (Å²) in [6.45, 7) is 4.55. The molecule has 2 bridgehead atoms. The van der Waals surface area contributed by atoms with E-state index in [0.29, 0.717) is 0 Å². The van der Waals surface area contributed by atoms with Crippen LogP contribution >= 0.6 is 0 Å². The van der Waals surface area contributed by atoms with Crippen LogP contribution in [0, 0.1) is 11.8 Å². The van der Waals surface area contributed by atoms with Crippen LogP contribution in [0.2, 0.25) is 0 Å². The number of pyridine rings is 2. The summed E-state index contributed by atoms with van der Waals surface area (Å²) in [7, 11) is 1.67. The monoisotopic (exact) mass is 557 g/mol. The number of aromatic nitrogens is 2. The van der Waals surface area contributed by atoms with E-state index in [1.807, 2.05) is 54.7 Å². The van der Waals surface area contributed by atoms with Crippen molar-refractivity contribution < 1.29 is 9.84 Å². The van der Waals surface area contributed by atoms with Crippen molar-refractivity contribution in [1.82, 2.24) is 14.9 Å². The highest BCUT2D eigenvalue weighted by molar-refractivity contribution is 5.84. The standard InChI is InChI=1S/C20H26N2O2.C17H13N/c1-3-13-12-22-9-7-14(13)10-19(22)20(23)16-6-8-21-18-5-4-15(24-2)11-17(16)18;1-2-8-14(9-3-1)15-10-4-5-11-16(15)17-12-6-7-13-18-17/h4-6,8,11,13-14,19-20,23H,3,7,9-10,12H2,1-2H3;1-13H/t13-,14?,19+,20?;/m1./s1. The number of aliphatic hydroxyl groups excluding tert-OH is 1. The Balaban J connectivity index is 0.000000157. The van der Waals surface area contributed by atoms with Crippen LogP contribution in [-0.2, 0) is 0 Å². The summed E-state index contributed by atoms with van der Waals surface area (Å²) in [5.74, 6) is 2.37. The van der Waals surface area contributed by atoms with E-state index < -0.39 is 6.10 Å². The lowest BCUT2D eigenvalue weighted by Crippen LogP contribution is -2.55. The molecule has 3 saturated heterocycles. The Morgan fingerprint density at radius 1 is 0.881 bits per heavy atom. The van der Waals surface area contributed by atoms with E-state index in [4.69, 9.17) is 4.74 Å². The van der Waals surface area contributed by atoms with E-state index in [9.17, 15) is 5.11 Å². The molecule has 1 N–H and O–H groups in total. The lowest BCUT2D eigenvalue weighted by molar-refractivity contribution is -0.0562. The number of rotatable bonds is 6. The number of aliphatic hydroxyl groups is 1. The van der Waals surface area contributed by atoms with Crippen molar-refractivity contribution in [3.05, 3.63) is 115 Å². The van der Waals surface area contributed by atoms with Gasteiger partial charge in [-0.15, -0.1) is 0 Å². The highest BCUT2D eigenvalue weighted by Crippen LogP contribution is 2.42. The average molecular weight is 558 g/mol. The van der Waals surface area contributed by atoms with Crippen molar-refractivity contribution >= 4 is 10.9 Å². The summed E-state index contributed by atoms with van der Waals surface area (Å²) in [6.07, 6.45) is 6.80. The van der Waals surface area contributed by atoms with Gasteiger partial charge in [-0.2, -0.15) is 0 Å². The zero-order valence-corrected chi connectivity index (χ0v) is 24.4. The molecule has 8 rings (SSSR count). The zero-order valence-electron chi connectivity index (χ0n) is 24.4. The molecule has 3 aliphatic rings. The molecule has 42 heavy (non-hydrogen) atoms. The van der Waals surface area contributed by atoms with Gasteiger partial charge in [-0.05, 0) is 84.3 Å². The number of benzene rings is 3. The second-order valence-corrected chi connectivity index (χ2v) is 11.4. The number of hydrogen-bond donors (Lipinski definition) is 1. The topological polar surface area (TPSA) is 58.5 Å². The lowest BCUT2D eigenvalue weighted by atomic mass is 9.72. The summed E-state index contributed by atoms with van der Waals surface area (Å²) in [5.41, 5.74) is 6.51. The van der Waals surface area contributed by atoms with Crippen LogP contribution in [0.3, 0.4) is 0 Å². The van der Waals surface area contributed by atoms with E-state index in [1.165, 1.54) is 29.5 Å². The van der Waals surface area contributed by atoms with E-state index >= 15 is 0 Å². The van der Waals surface area contributed by atoms with Crippen molar-refractivity contribution in [3.63, 3.8) is 0 Å². The van der Waals surface area contributed by atoms with Gasteiger partial charge in [-0.1, -0.05) is 74.0 Å². The van der Waals surface area contributed by atoms with Gasteiger partial charge in [0.1, 0.15) is 5.75 Å². The molecular formula is C37H39N3O2. The Bertz CT molecular complexity index is 1550. The Labute approximate surface area is 248 Å². The van der Waals surface area contributed by atoms with Gasteiger partial charge in [0, 0.05) is 35.9 Å². The SMILES string of the molecule is CC[C@@H]1CN2CCC1C[C@H]2C(O)c1ccnc2ccc(OC)cc12.c1ccc(-c2ccccc2-c2ccccn2)cc1. The maximum absolute atomic E-state index is 11.2. The van der Waals surface area contributed by atoms with Crippen LogP contribution in [0.25, 0.3) is 33.3 Å². The number of nitrogens with zero attached hydrogens (tertiary/aromatic N) is 3. The fraction of sp³-hybridized carbons (Fsp3) is 0.297. The third kappa shape index (κ3) is 5.80. The maximum Gasteiger partial charge on any atom is 0.119 e. The van der Waals surface area contributed by atoms with Gasteiger partial charge >= 0.3 is 0 Å². The van der Waals surface area contributed by atoms with Crippen LogP contribution in [0.5, 0.6) is 5.75 Å². The molecule has 2 aromatic heterocycles. The van der Waals surface area contributed by atoms with Crippen LogP contribution in [0.1, 0.15) is 37.9 Å². The van der Waals surface area contributed by atoms with Crippen LogP contribution in [0.15, 0.2) is 109 Å². The first-order chi connectivity index (χ1) is 20.7. The minimum atomic E-state index is -0.469. The molecule has 0 aliphatic carbocycles. The van der Waals surface area contributed by atoms with Crippen molar-refractivity contribution in [2.75, 3.05) is 20.2 Å². The van der Waals surface area contributed by atoms with E-state index in [2.05, 4.69) is 70.3 Å². The molecule has 5 nitrogen and oxygen atoms in total. The smallest absolute Gasteiger partial charge is 0.119 e. The highest BCUT2D eigenvalue weighted by atomic mass is 16.5. The predicted molar refractivity (Wildman–Crippen MR) is 170 cm³/mol. The number of hydrogen-bond acceptors (Lipinski definition) is 5. The molecule has 0 spiro atoms. The zero-order chi connectivity index (χ0) is 28.9. The summed E-state index contributed by atoms with van der Waals surface area (Å²) < 4.78 is 5.36. The Hall–Kier alpha value is -4.06. The van der Waals surface area contributed by atoms with Gasteiger partial charge in [0.2, 0.25) is 0 Å². The molecule has 3 fully saturated rings. The summed E-state index contributed by atoms with van der Waals surface area (Å²) in [6, 6.07) is 32.8. The van der Waals surface area contributed by atoms with Gasteiger partial charge in [-0.25, -0.2) is 0 Å². The molecule has 214 valence electrons. The molecular weight excluding hydrogens is 518 g/mol. The minimum absolute atomic E-state index is 0.225. The van der Waals surface area contributed by atoms with Crippen molar-refractivity contribution in [3.8, 4) is 28.1 Å². The Kier molecular flexibility index (Phi) is 8.59. The minimum Gasteiger partial charge on any atom is -0.497 e. The molecule has 0 radical (unpaired) electrons. The highest BCUT2D eigenvalue weighted by Gasteiger charge is 2.42. The molecule has 5 atom stereocenters. The van der Waals surface area contributed by atoms with Gasteiger partial charge in [0.25, 0.3) is 0 Å². The Morgan fingerprint density at radius 3 is 2.38 bits per heavy atom. The molecule has 5 aromatic rings. The summed E-state index contributed by atoms with van der Waals surface area (Å²) >= 11 is 0. The second-order valence-electron chi connectivity index (χ2n) is 11.4. The second kappa shape index (κ2) is 12.8. The van der Waals surface area contributed by atoms with Crippen molar-refractivity contribution in [2.45, 2.75) is 38.3 Å². The number of ether oxygens (including phenoxy) is 1. The van der Waals surface area contributed by atoms with Crippen LogP contribution in [0.4, 0.5) is 0 Å². The first-order valence-corrected chi connectivity index (χ1v) is 15.1. The first kappa shape index (κ1) is 28.1. The normalized spacial score (nSPS) is 21.8. The number of piperidine rings is 3. The number of methoxy groups -OCH3 is 1. The Morgan fingerprint density at radius 2 is 1.67 bits per heavy atom. The molecule has 0 saturated carbocycles. The lowest BCUT2D eigenvalue weighted by Gasteiger charge is -2.51. The third-order valence-corrected chi connectivity index (χ3v) is 9.08. The molecule has 3 aromatic carbocycles. The van der Waals surface area contributed by atoms with Gasteiger partial charge in [0.15, 0.2) is 0 Å². The fourth-order valence-electron chi connectivity index (χ4n) is 6.81. The first-order valence-electron chi connectivity index (χ1n) is 15.1. The van der Waals surface area contributed by atoms with E-state index in [0.717, 1.165) is 59.3 Å². The quantitative estimate of drug-likeness (QED) is 0.231. The maximum atomic E-state index is 11.2. The van der Waals surface area contributed by atoms with Crippen LogP contribution in [-0.4, -0.2) is 46.2 Å². The molecule has 3 unspecified atom stereocenters. The van der Waals surface area contributed by atoms with Crippen molar-refractivity contribution in [2.24, 2.45) is 11.8 Å². The molecule has 5 heteroatoms. The van der Waals surface area contributed by atoms with Crippen molar-refractivity contribution in [1.29, 1.82) is 0 Å².